The number of carbonyl (C=O) groups excluding carboxylic acids is 1. The standard InChI is InChI=1S/C18H22N6O3/c25-18(20-12-14-4-2-10-27-14)8-7-17-22-21-16-6-5-15(23-24(16)17)19-11-13-3-1-9-26-13/h1,3,5-6,9,14H,2,4,7-8,10-12H2,(H,19,23)(H,20,25)/t14-/m0/s1. The van der Waals surface area contributed by atoms with Crippen LogP contribution >= 0.6 is 0 Å². The van der Waals surface area contributed by atoms with E-state index in [4.69, 9.17) is 9.15 Å². The lowest BCUT2D eigenvalue weighted by atomic mass is 10.2. The molecule has 142 valence electrons. The van der Waals surface area contributed by atoms with Gasteiger partial charge in [0, 0.05) is 26.0 Å². The van der Waals surface area contributed by atoms with E-state index in [0.717, 1.165) is 25.2 Å². The second-order valence-corrected chi connectivity index (χ2v) is 6.48. The Bertz CT molecular complexity index is 886. The van der Waals surface area contributed by atoms with Crippen LogP contribution in [0.4, 0.5) is 5.82 Å². The summed E-state index contributed by atoms with van der Waals surface area (Å²) >= 11 is 0. The third-order valence-corrected chi connectivity index (χ3v) is 4.48. The molecule has 1 aliphatic heterocycles. The Morgan fingerprint density at radius 3 is 3.07 bits per heavy atom. The Balaban J connectivity index is 1.33. The van der Waals surface area contributed by atoms with Crippen molar-refractivity contribution in [2.45, 2.75) is 38.3 Å². The second-order valence-electron chi connectivity index (χ2n) is 6.48. The number of furan rings is 1. The number of aryl methyl sites for hydroxylation is 1. The van der Waals surface area contributed by atoms with Crippen molar-refractivity contribution in [3.05, 3.63) is 42.1 Å². The van der Waals surface area contributed by atoms with Crippen LogP contribution in [0.3, 0.4) is 0 Å². The van der Waals surface area contributed by atoms with Gasteiger partial charge in [0.25, 0.3) is 0 Å². The Labute approximate surface area is 156 Å². The summed E-state index contributed by atoms with van der Waals surface area (Å²) in [5.74, 6) is 2.14. The van der Waals surface area contributed by atoms with Crippen molar-refractivity contribution in [1.82, 2.24) is 25.1 Å². The molecule has 0 aliphatic carbocycles. The predicted molar refractivity (Wildman–Crippen MR) is 97.1 cm³/mol. The first-order valence-electron chi connectivity index (χ1n) is 9.14. The molecular formula is C18H22N6O3. The fraction of sp³-hybridized carbons (Fsp3) is 0.444. The summed E-state index contributed by atoms with van der Waals surface area (Å²) in [6.45, 7) is 1.89. The summed E-state index contributed by atoms with van der Waals surface area (Å²) < 4.78 is 12.5. The molecule has 4 heterocycles. The van der Waals surface area contributed by atoms with Crippen molar-refractivity contribution in [3.8, 4) is 0 Å². The number of rotatable bonds is 8. The Morgan fingerprint density at radius 2 is 2.26 bits per heavy atom. The molecule has 0 radical (unpaired) electrons. The van der Waals surface area contributed by atoms with Crippen molar-refractivity contribution in [2.24, 2.45) is 0 Å². The number of hydrogen-bond acceptors (Lipinski definition) is 7. The van der Waals surface area contributed by atoms with Gasteiger partial charge in [0.15, 0.2) is 11.5 Å². The van der Waals surface area contributed by atoms with Gasteiger partial charge in [-0.1, -0.05) is 0 Å². The van der Waals surface area contributed by atoms with Gasteiger partial charge in [0.1, 0.15) is 11.6 Å². The van der Waals surface area contributed by atoms with Crippen LogP contribution in [0.15, 0.2) is 34.9 Å². The minimum Gasteiger partial charge on any atom is -0.467 e. The first-order valence-corrected chi connectivity index (χ1v) is 9.14. The van der Waals surface area contributed by atoms with Crippen molar-refractivity contribution in [1.29, 1.82) is 0 Å². The highest BCUT2D eigenvalue weighted by Crippen LogP contribution is 2.12. The molecule has 0 spiro atoms. The van der Waals surface area contributed by atoms with E-state index in [9.17, 15) is 4.79 Å². The van der Waals surface area contributed by atoms with Crippen LogP contribution < -0.4 is 10.6 Å². The quantitative estimate of drug-likeness (QED) is 0.620. The molecule has 1 saturated heterocycles. The smallest absolute Gasteiger partial charge is 0.220 e. The van der Waals surface area contributed by atoms with Crippen LogP contribution in [0, 0.1) is 0 Å². The van der Waals surface area contributed by atoms with E-state index < -0.39 is 0 Å². The maximum Gasteiger partial charge on any atom is 0.220 e. The number of amides is 1. The summed E-state index contributed by atoms with van der Waals surface area (Å²) in [6.07, 6.45) is 4.65. The number of aromatic nitrogens is 4. The topological polar surface area (TPSA) is 107 Å². The molecule has 9 nitrogen and oxygen atoms in total. The van der Waals surface area contributed by atoms with Gasteiger partial charge >= 0.3 is 0 Å². The van der Waals surface area contributed by atoms with Crippen LogP contribution in [0.1, 0.15) is 30.8 Å². The molecular weight excluding hydrogens is 348 g/mol. The molecule has 1 fully saturated rings. The summed E-state index contributed by atoms with van der Waals surface area (Å²) in [5, 5.41) is 18.9. The highest BCUT2D eigenvalue weighted by atomic mass is 16.5. The maximum absolute atomic E-state index is 12.1. The minimum atomic E-state index is -0.0191. The molecule has 0 bridgehead atoms. The zero-order valence-corrected chi connectivity index (χ0v) is 14.9. The molecule has 1 amide bonds. The van der Waals surface area contributed by atoms with Gasteiger partial charge in [-0.25, -0.2) is 0 Å². The van der Waals surface area contributed by atoms with Crippen molar-refractivity contribution in [2.75, 3.05) is 18.5 Å². The average molecular weight is 370 g/mol. The van der Waals surface area contributed by atoms with Crippen LogP contribution in [-0.2, 0) is 22.5 Å². The monoisotopic (exact) mass is 370 g/mol. The van der Waals surface area contributed by atoms with E-state index in [1.54, 1.807) is 10.8 Å². The molecule has 3 aromatic heterocycles. The lowest BCUT2D eigenvalue weighted by Crippen LogP contribution is -2.32. The minimum absolute atomic E-state index is 0.0191. The molecule has 0 saturated carbocycles. The van der Waals surface area contributed by atoms with Crippen molar-refractivity contribution in [3.63, 3.8) is 0 Å². The number of nitrogens with one attached hydrogen (secondary N) is 2. The SMILES string of the molecule is O=C(CCc1nnc2ccc(NCc3ccco3)nn12)NC[C@@H]1CCCO1. The number of anilines is 1. The molecule has 1 aliphatic rings. The number of hydrogen-bond donors (Lipinski definition) is 2. The predicted octanol–water partition coefficient (Wildman–Crippen LogP) is 1.56. The summed E-state index contributed by atoms with van der Waals surface area (Å²) in [4.78, 5) is 12.1. The number of ether oxygens (including phenoxy) is 1. The molecule has 3 aromatic rings. The van der Waals surface area contributed by atoms with Gasteiger partial charge in [-0.3, -0.25) is 4.79 Å². The van der Waals surface area contributed by atoms with Crippen molar-refractivity contribution < 1.29 is 13.9 Å². The zero-order chi connectivity index (χ0) is 18.5. The highest BCUT2D eigenvalue weighted by Gasteiger charge is 2.16. The Kier molecular flexibility index (Phi) is 5.29. The van der Waals surface area contributed by atoms with Crippen LogP contribution in [-0.4, -0.2) is 45.0 Å². The number of fused-ring (bicyclic) bond motifs is 1. The highest BCUT2D eigenvalue weighted by molar-refractivity contribution is 5.76. The van der Waals surface area contributed by atoms with Gasteiger partial charge < -0.3 is 19.8 Å². The average Bonchev–Trinajstić information content (AvgIpc) is 3.45. The van der Waals surface area contributed by atoms with Crippen molar-refractivity contribution >= 4 is 17.4 Å². The Morgan fingerprint density at radius 1 is 1.30 bits per heavy atom. The fourth-order valence-corrected chi connectivity index (χ4v) is 3.02. The second kappa shape index (κ2) is 8.17. The van der Waals surface area contributed by atoms with E-state index in [0.29, 0.717) is 43.2 Å². The first-order chi connectivity index (χ1) is 13.3. The van der Waals surface area contributed by atoms with Gasteiger partial charge in [-0.15, -0.1) is 15.3 Å². The normalized spacial score (nSPS) is 16.7. The molecule has 0 unspecified atom stereocenters. The lowest BCUT2D eigenvalue weighted by Gasteiger charge is -2.10. The Hall–Kier alpha value is -2.94. The van der Waals surface area contributed by atoms with Crippen LogP contribution in [0.25, 0.3) is 5.65 Å². The first kappa shape index (κ1) is 17.5. The van der Waals surface area contributed by atoms with E-state index in [2.05, 4.69) is 25.9 Å². The van der Waals surface area contributed by atoms with E-state index >= 15 is 0 Å². The third kappa shape index (κ3) is 4.43. The van der Waals surface area contributed by atoms with E-state index in [1.807, 2.05) is 24.3 Å². The number of nitrogens with zero attached hydrogens (tertiary/aromatic N) is 4. The third-order valence-electron chi connectivity index (χ3n) is 4.48. The summed E-state index contributed by atoms with van der Waals surface area (Å²) in [5.41, 5.74) is 0.647. The molecule has 2 N–H and O–H groups in total. The van der Waals surface area contributed by atoms with Crippen LogP contribution in [0.2, 0.25) is 0 Å². The van der Waals surface area contributed by atoms with Gasteiger partial charge in [-0.05, 0) is 37.1 Å². The number of carbonyl (C=O) groups is 1. The van der Waals surface area contributed by atoms with Gasteiger partial charge in [0.05, 0.1) is 18.9 Å². The zero-order valence-electron chi connectivity index (χ0n) is 14.9. The molecule has 27 heavy (non-hydrogen) atoms. The van der Waals surface area contributed by atoms with E-state index in [-0.39, 0.29) is 12.0 Å². The molecule has 1 atom stereocenters. The molecule has 4 rings (SSSR count). The maximum atomic E-state index is 12.1. The summed E-state index contributed by atoms with van der Waals surface area (Å²) in [7, 11) is 0. The van der Waals surface area contributed by atoms with Gasteiger partial charge in [-0.2, -0.15) is 4.52 Å². The van der Waals surface area contributed by atoms with E-state index in [1.165, 1.54) is 0 Å². The molecule has 0 aromatic carbocycles. The lowest BCUT2D eigenvalue weighted by molar-refractivity contribution is -0.121. The fourth-order valence-electron chi connectivity index (χ4n) is 3.02. The molecule has 9 heteroatoms. The largest absolute Gasteiger partial charge is 0.467 e. The van der Waals surface area contributed by atoms with Gasteiger partial charge in [0.2, 0.25) is 5.91 Å². The van der Waals surface area contributed by atoms with Crippen LogP contribution in [0.5, 0.6) is 0 Å². The summed E-state index contributed by atoms with van der Waals surface area (Å²) in [6, 6.07) is 7.41.